The molecule has 2 atom stereocenters. The van der Waals surface area contributed by atoms with Gasteiger partial charge in [0.2, 0.25) is 0 Å². The van der Waals surface area contributed by atoms with Crippen molar-refractivity contribution in [2.24, 2.45) is 5.41 Å². The van der Waals surface area contributed by atoms with Crippen LogP contribution in [0.2, 0.25) is 0 Å². The molecule has 0 heterocycles. The van der Waals surface area contributed by atoms with Crippen LogP contribution in [-0.4, -0.2) is 20.0 Å². The molecule has 0 radical (unpaired) electrons. The van der Waals surface area contributed by atoms with E-state index in [1.54, 1.807) is 0 Å². The molecular weight excluding hydrogens is 273 g/mol. The second kappa shape index (κ2) is 6.86. The Morgan fingerprint density at radius 1 is 1.10 bits per heavy atom. The van der Waals surface area contributed by atoms with Crippen molar-refractivity contribution in [2.45, 2.75) is 39.5 Å². The molecule has 0 saturated heterocycles. The minimum absolute atomic E-state index is 0.0547. The molecule has 0 amide bonds. The standard InChI is InChI=1S/C15H26NO3P/c1-12(13-10-8-7-9-11-13)16-14(15(2,3)4)20(17,18-5)19-6/h7-12,14,16H,1-6H3/t12-,14-/m1/s1. The molecule has 0 saturated carbocycles. The fourth-order valence-electron chi connectivity index (χ4n) is 2.18. The fourth-order valence-corrected chi connectivity index (χ4v) is 4.10. The molecule has 1 aromatic rings. The van der Waals surface area contributed by atoms with Crippen molar-refractivity contribution in [3.63, 3.8) is 0 Å². The number of rotatable bonds is 6. The van der Waals surface area contributed by atoms with E-state index < -0.39 is 7.60 Å². The summed E-state index contributed by atoms with van der Waals surface area (Å²) in [7, 11) is -0.341. The van der Waals surface area contributed by atoms with Crippen molar-refractivity contribution in [3.05, 3.63) is 35.9 Å². The highest BCUT2D eigenvalue weighted by Gasteiger charge is 2.43. The van der Waals surface area contributed by atoms with Crippen LogP contribution in [0.5, 0.6) is 0 Å². The second-order valence-corrected chi connectivity index (χ2v) is 8.30. The van der Waals surface area contributed by atoms with Gasteiger partial charge in [-0.3, -0.25) is 9.88 Å². The van der Waals surface area contributed by atoms with Crippen molar-refractivity contribution in [3.8, 4) is 0 Å². The topological polar surface area (TPSA) is 47.6 Å². The van der Waals surface area contributed by atoms with Crippen molar-refractivity contribution in [1.82, 2.24) is 5.32 Å². The number of nitrogens with one attached hydrogen (secondary N) is 1. The van der Waals surface area contributed by atoms with Gasteiger partial charge in [-0.2, -0.15) is 0 Å². The van der Waals surface area contributed by atoms with Crippen LogP contribution in [0.3, 0.4) is 0 Å². The minimum atomic E-state index is -3.20. The summed E-state index contributed by atoms with van der Waals surface area (Å²) in [5.74, 6) is -0.389. The lowest BCUT2D eigenvalue weighted by Crippen LogP contribution is -2.42. The summed E-state index contributed by atoms with van der Waals surface area (Å²) in [5, 5.41) is 3.40. The Kier molecular flexibility index (Phi) is 5.96. The first-order valence-electron chi connectivity index (χ1n) is 6.77. The highest BCUT2D eigenvalue weighted by atomic mass is 31.2. The summed E-state index contributed by atoms with van der Waals surface area (Å²) in [5.41, 5.74) is 0.880. The van der Waals surface area contributed by atoms with Gasteiger partial charge in [-0.15, -0.1) is 0 Å². The molecule has 0 bridgehead atoms. The van der Waals surface area contributed by atoms with Gasteiger partial charge in [0.05, 0.1) is 0 Å². The van der Waals surface area contributed by atoms with Crippen LogP contribution >= 0.6 is 7.60 Å². The van der Waals surface area contributed by atoms with Crippen LogP contribution in [0, 0.1) is 5.41 Å². The number of benzene rings is 1. The summed E-state index contributed by atoms with van der Waals surface area (Å²) in [6.07, 6.45) is 0. The van der Waals surface area contributed by atoms with Crippen molar-refractivity contribution in [2.75, 3.05) is 14.2 Å². The third-order valence-corrected chi connectivity index (χ3v) is 5.93. The van der Waals surface area contributed by atoms with Crippen LogP contribution in [0.25, 0.3) is 0 Å². The predicted molar refractivity (Wildman–Crippen MR) is 82.9 cm³/mol. The van der Waals surface area contributed by atoms with Crippen LogP contribution in [0.4, 0.5) is 0 Å². The third-order valence-electron chi connectivity index (χ3n) is 3.35. The lowest BCUT2D eigenvalue weighted by Gasteiger charge is -2.37. The summed E-state index contributed by atoms with van der Waals surface area (Å²) in [6, 6.07) is 10.1. The number of hydrogen-bond donors (Lipinski definition) is 1. The highest BCUT2D eigenvalue weighted by molar-refractivity contribution is 7.54. The molecule has 20 heavy (non-hydrogen) atoms. The molecule has 4 nitrogen and oxygen atoms in total. The quantitative estimate of drug-likeness (QED) is 0.800. The Balaban J connectivity index is 3.00. The van der Waals surface area contributed by atoms with Crippen molar-refractivity contribution in [1.29, 1.82) is 0 Å². The number of hydrogen-bond acceptors (Lipinski definition) is 4. The summed E-state index contributed by atoms with van der Waals surface area (Å²) >= 11 is 0. The van der Waals surface area contributed by atoms with Gasteiger partial charge in [0.1, 0.15) is 5.78 Å². The van der Waals surface area contributed by atoms with E-state index in [0.717, 1.165) is 5.56 Å². The first-order chi connectivity index (χ1) is 9.24. The molecule has 114 valence electrons. The minimum Gasteiger partial charge on any atom is -0.311 e. The highest BCUT2D eigenvalue weighted by Crippen LogP contribution is 2.56. The SMILES string of the molecule is COP(=O)(OC)[C@@H](N[C@H](C)c1ccccc1)C(C)(C)C. The van der Waals surface area contributed by atoms with E-state index in [1.165, 1.54) is 14.2 Å². The van der Waals surface area contributed by atoms with Gasteiger partial charge < -0.3 is 9.05 Å². The van der Waals surface area contributed by atoms with Crippen LogP contribution in [0.15, 0.2) is 30.3 Å². The maximum Gasteiger partial charge on any atom is 0.347 e. The molecule has 0 aliphatic rings. The van der Waals surface area contributed by atoms with Crippen LogP contribution in [-0.2, 0) is 13.6 Å². The fraction of sp³-hybridized carbons (Fsp3) is 0.600. The Bertz CT molecular complexity index is 448. The molecule has 0 unspecified atom stereocenters. The third kappa shape index (κ3) is 4.16. The molecule has 0 spiro atoms. The average Bonchev–Trinajstić information content (AvgIpc) is 2.43. The zero-order valence-corrected chi connectivity index (χ0v) is 14.1. The molecule has 5 heteroatoms. The monoisotopic (exact) mass is 299 g/mol. The zero-order chi connectivity index (χ0) is 15.4. The van der Waals surface area contributed by atoms with Gasteiger partial charge in [0.15, 0.2) is 0 Å². The average molecular weight is 299 g/mol. The molecule has 0 aliphatic carbocycles. The largest absolute Gasteiger partial charge is 0.347 e. The lowest BCUT2D eigenvalue weighted by atomic mass is 9.95. The molecule has 0 fully saturated rings. The van der Waals surface area contributed by atoms with Crippen molar-refractivity contribution < 1.29 is 13.6 Å². The Morgan fingerprint density at radius 3 is 2.00 bits per heavy atom. The second-order valence-electron chi connectivity index (χ2n) is 5.97. The predicted octanol–water partition coefficient (Wildman–Crippen LogP) is 4.20. The van der Waals surface area contributed by atoms with E-state index in [2.05, 4.69) is 5.32 Å². The lowest BCUT2D eigenvalue weighted by molar-refractivity contribution is 0.213. The van der Waals surface area contributed by atoms with E-state index in [-0.39, 0.29) is 17.2 Å². The Hall–Kier alpha value is -0.670. The molecule has 0 aromatic heterocycles. The molecule has 1 rings (SSSR count). The van der Waals surface area contributed by atoms with Crippen LogP contribution in [0.1, 0.15) is 39.3 Å². The summed E-state index contributed by atoms with van der Waals surface area (Å²) < 4.78 is 23.1. The summed E-state index contributed by atoms with van der Waals surface area (Å²) in [6.45, 7) is 8.11. The first-order valence-corrected chi connectivity index (χ1v) is 8.38. The van der Waals surface area contributed by atoms with E-state index >= 15 is 0 Å². The smallest absolute Gasteiger partial charge is 0.311 e. The van der Waals surface area contributed by atoms with Gasteiger partial charge in [0, 0.05) is 20.3 Å². The van der Waals surface area contributed by atoms with Gasteiger partial charge in [-0.1, -0.05) is 51.1 Å². The maximum absolute atomic E-state index is 12.8. The van der Waals surface area contributed by atoms with E-state index in [1.807, 2.05) is 58.0 Å². The maximum atomic E-state index is 12.8. The zero-order valence-electron chi connectivity index (χ0n) is 13.2. The molecule has 1 aromatic carbocycles. The normalized spacial score (nSPS) is 15.9. The summed E-state index contributed by atoms with van der Waals surface area (Å²) in [4.78, 5) is 0. The van der Waals surface area contributed by atoms with Gasteiger partial charge in [-0.05, 0) is 17.9 Å². The molecular formula is C15H26NO3P. The molecule has 1 N–H and O–H groups in total. The van der Waals surface area contributed by atoms with E-state index in [9.17, 15) is 4.57 Å². The first kappa shape index (κ1) is 17.4. The van der Waals surface area contributed by atoms with Gasteiger partial charge in [-0.25, -0.2) is 0 Å². The van der Waals surface area contributed by atoms with E-state index in [0.29, 0.717) is 0 Å². The Labute approximate surface area is 122 Å². The molecule has 0 aliphatic heterocycles. The van der Waals surface area contributed by atoms with E-state index in [4.69, 9.17) is 9.05 Å². The van der Waals surface area contributed by atoms with Gasteiger partial charge in [0.25, 0.3) is 0 Å². The Morgan fingerprint density at radius 2 is 1.60 bits per heavy atom. The van der Waals surface area contributed by atoms with Crippen molar-refractivity contribution >= 4 is 7.60 Å². The van der Waals surface area contributed by atoms with Crippen LogP contribution < -0.4 is 5.32 Å². The van der Waals surface area contributed by atoms with Gasteiger partial charge >= 0.3 is 7.60 Å².